The highest BCUT2D eigenvalue weighted by Gasteiger charge is 2.07. The van der Waals surface area contributed by atoms with Crippen molar-refractivity contribution >= 4 is 22.5 Å². The summed E-state index contributed by atoms with van der Waals surface area (Å²) in [7, 11) is -0.906. The quantitative estimate of drug-likeness (QED) is 0.749. The molecule has 6 nitrogen and oxygen atoms in total. The van der Waals surface area contributed by atoms with Crippen LogP contribution in [-0.2, 0) is 10.8 Å². The van der Waals surface area contributed by atoms with Gasteiger partial charge in [-0.2, -0.15) is 0 Å². The molecule has 17 heavy (non-hydrogen) atoms. The first-order valence-corrected chi connectivity index (χ1v) is 7.02. The Labute approximate surface area is 103 Å². The Hall–Kier alpha value is -1.50. The van der Waals surface area contributed by atoms with Crippen LogP contribution >= 0.6 is 0 Å². The lowest BCUT2D eigenvalue weighted by atomic mass is 10.3. The summed E-state index contributed by atoms with van der Waals surface area (Å²) in [6.45, 7) is 3.08. The van der Waals surface area contributed by atoms with Gasteiger partial charge in [0.15, 0.2) is 5.69 Å². The topological polar surface area (TPSA) is 84.0 Å². The van der Waals surface area contributed by atoms with E-state index in [2.05, 4.69) is 20.8 Å². The van der Waals surface area contributed by atoms with Crippen LogP contribution in [0, 0.1) is 0 Å². The van der Waals surface area contributed by atoms with Gasteiger partial charge in [-0.25, -0.2) is 0 Å². The van der Waals surface area contributed by atoms with Crippen molar-refractivity contribution in [1.29, 1.82) is 0 Å². The molecule has 0 aliphatic carbocycles. The Morgan fingerprint density at radius 2 is 2.18 bits per heavy atom. The van der Waals surface area contributed by atoms with Crippen LogP contribution in [0.1, 0.15) is 17.4 Å². The Bertz CT molecular complexity index is 394. The van der Waals surface area contributed by atoms with Gasteiger partial charge < -0.3 is 10.6 Å². The van der Waals surface area contributed by atoms with Crippen LogP contribution < -0.4 is 10.6 Å². The lowest BCUT2D eigenvalue weighted by molar-refractivity contribution is 0.0950. The number of rotatable bonds is 6. The molecule has 1 aromatic heterocycles. The molecule has 0 fully saturated rings. The van der Waals surface area contributed by atoms with Crippen LogP contribution in [0.15, 0.2) is 12.1 Å². The third-order valence-corrected chi connectivity index (χ3v) is 2.71. The van der Waals surface area contributed by atoms with E-state index < -0.39 is 10.8 Å². The first kappa shape index (κ1) is 13.6. The SMILES string of the molecule is CCNc1ccc(C(=O)NCCS(C)=O)nn1. The molecule has 1 heterocycles. The van der Waals surface area contributed by atoms with Crippen molar-refractivity contribution in [1.82, 2.24) is 15.5 Å². The highest BCUT2D eigenvalue weighted by Crippen LogP contribution is 2.01. The van der Waals surface area contributed by atoms with Gasteiger partial charge in [0.2, 0.25) is 0 Å². The van der Waals surface area contributed by atoms with Gasteiger partial charge in [-0.3, -0.25) is 9.00 Å². The third-order valence-electron chi connectivity index (χ3n) is 1.93. The number of anilines is 1. The first-order chi connectivity index (χ1) is 8.13. The summed E-state index contributed by atoms with van der Waals surface area (Å²) in [5.74, 6) is 0.777. The predicted molar refractivity (Wildman–Crippen MR) is 67.5 cm³/mol. The smallest absolute Gasteiger partial charge is 0.271 e. The van der Waals surface area contributed by atoms with Gasteiger partial charge in [-0.15, -0.1) is 10.2 Å². The van der Waals surface area contributed by atoms with E-state index in [9.17, 15) is 9.00 Å². The highest BCUT2D eigenvalue weighted by atomic mass is 32.2. The maximum Gasteiger partial charge on any atom is 0.271 e. The summed E-state index contributed by atoms with van der Waals surface area (Å²) >= 11 is 0. The number of amides is 1. The number of hydrogen-bond donors (Lipinski definition) is 2. The molecule has 1 rings (SSSR count). The number of carbonyl (C=O) groups excluding carboxylic acids is 1. The molecular weight excluding hydrogens is 240 g/mol. The largest absolute Gasteiger partial charge is 0.369 e. The summed E-state index contributed by atoms with van der Waals surface area (Å²) < 4.78 is 10.8. The summed E-state index contributed by atoms with van der Waals surface area (Å²) in [5, 5.41) is 13.3. The summed E-state index contributed by atoms with van der Waals surface area (Å²) in [6.07, 6.45) is 1.59. The Kier molecular flexibility index (Phi) is 5.55. The van der Waals surface area contributed by atoms with Gasteiger partial charge in [0, 0.05) is 35.9 Å². The molecule has 0 bridgehead atoms. The maximum atomic E-state index is 11.6. The van der Waals surface area contributed by atoms with Gasteiger partial charge in [0.05, 0.1) is 0 Å². The molecule has 2 N–H and O–H groups in total. The average Bonchev–Trinajstić information content (AvgIpc) is 2.30. The zero-order valence-corrected chi connectivity index (χ0v) is 10.7. The normalized spacial score (nSPS) is 11.9. The minimum absolute atomic E-state index is 0.258. The summed E-state index contributed by atoms with van der Waals surface area (Å²) in [5.41, 5.74) is 0.258. The van der Waals surface area contributed by atoms with Crippen LogP contribution in [0.5, 0.6) is 0 Å². The molecule has 1 aromatic rings. The van der Waals surface area contributed by atoms with E-state index in [-0.39, 0.29) is 11.6 Å². The van der Waals surface area contributed by atoms with Crippen molar-refractivity contribution in [3.63, 3.8) is 0 Å². The maximum absolute atomic E-state index is 11.6. The molecule has 0 aliphatic rings. The van der Waals surface area contributed by atoms with Crippen LogP contribution in [0.4, 0.5) is 5.82 Å². The van der Waals surface area contributed by atoms with Gasteiger partial charge in [0.25, 0.3) is 5.91 Å². The molecule has 1 unspecified atom stereocenters. The molecule has 1 atom stereocenters. The van der Waals surface area contributed by atoms with E-state index >= 15 is 0 Å². The summed E-state index contributed by atoms with van der Waals surface area (Å²) in [4.78, 5) is 11.6. The molecular formula is C10H16N4O2S. The molecule has 1 amide bonds. The molecule has 0 aromatic carbocycles. The van der Waals surface area contributed by atoms with Gasteiger partial charge in [0.1, 0.15) is 5.82 Å². The number of nitrogens with one attached hydrogen (secondary N) is 2. The fourth-order valence-electron chi connectivity index (χ4n) is 1.13. The predicted octanol–water partition coefficient (Wildman–Crippen LogP) is 0.0167. The standard InChI is InChI=1S/C10H16N4O2S/c1-3-11-9-5-4-8(13-14-9)10(15)12-6-7-17(2)16/h4-5H,3,6-7H2,1-2H3,(H,11,14)(H,12,15). The van der Waals surface area contributed by atoms with Crippen LogP contribution in [0.3, 0.4) is 0 Å². The lowest BCUT2D eigenvalue weighted by Crippen LogP contribution is -2.28. The van der Waals surface area contributed by atoms with E-state index in [4.69, 9.17) is 0 Å². The Morgan fingerprint density at radius 1 is 1.41 bits per heavy atom. The molecule has 7 heteroatoms. The fraction of sp³-hybridized carbons (Fsp3) is 0.500. The Balaban J connectivity index is 2.48. The second-order valence-corrected chi connectivity index (χ2v) is 4.92. The minimum atomic E-state index is -0.906. The molecule has 0 saturated heterocycles. The summed E-state index contributed by atoms with van der Waals surface area (Å²) in [6, 6.07) is 3.30. The highest BCUT2D eigenvalue weighted by molar-refractivity contribution is 7.84. The van der Waals surface area contributed by atoms with Gasteiger partial charge >= 0.3 is 0 Å². The monoisotopic (exact) mass is 256 g/mol. The number of aromatic nitrogens is 2. The van der Waals surface area contributed by atoms with Crippen molar-refractivity contribution in [2.75, 3.05) is 30.4 Å². The van der Waals surface area contributed by atoms with Crippen molar-refractivity contribution in [2.24, 2.45) is 0 Å². The van der Waals surface area contributed by atoms with Crippen LogP contribution in [-0.4, -0.2) is 45.4 Å². The number of nitrogens with zero attached hydrogens (tertiary/aromatic N) is 2. The van der Waals surface area contributed by atoms with E-state index in [1.54, 1.807) is 18.4 Å². The van der Waals surface area contributed by atoms with E-state index in [0.29, 0.717) is 18.1 Å². The van der Waals surface area contributed by atoms with Crippen molar-refractivity contribution in [3.8, 4) is 0 Å². The second-order valence-electron chi connectivity index (χ2n) is 3.37. The number of carbonyl (C=O) groups is 1. The van der Waals surface area contributed by atoms with Crippen molar-refractivity contribution < 1.29 is 9.00 Å². The zero-order valence-electron chi connectivity index (χ0n) is 9.90. The average molecular weight is 256 g/mol. The number of hydrogen-bond acceptors (Lipinski definition) is 5. The third kappa shape index (κ3) is 4.90. The van der Waals surface area contributed by atoms with Crippen LogP contribution in [0.2, 0.25) is 0 Å². The van der Waals surface area contributed by atoms with Crippen molar-refractivity contribution in [2.45, 2.75) is 6.92 Å². The molecule has 0 saturated carbocycles. The molecule has 94 valence electrons. The molecule has 0 spiro atoms. The van der Waals surface area contributed by atoms with E-state index in [1.165, 1.54) is 0 Å². The molecule has 0 radical (unpaired) electrons. The molecule has 0 aliphatic heterocycles. The Morgan fingerprint density at radius 3 is 2.71 bits per heavy atom. The van der Waals surface area contributed by atoms with Crippen LogP contribution in [0.25, 0.3) is 0 Å². The van der Waals surface area contributed by atoms with Gasteiger partial charge in [-0.05, 0) is 19.1 Å². The van der Waals surface area contributed by atoms with Crippen molar-refractivity contribution in [3.05, 3.63) is 17.8 Å². The fourth-order valence-corrected chi connectivity index (χ4v) is 1.52. The van der Waals surface area contributed by atoms with Gasteiger partial charge in [-0.1, -0.05) is 0 Å². The lowest BCUT2D eigenvalue weighted by Gasteiger charge is -2.04. The van der Waals surface area contributed by atoms with E-state index in [0.717, 1.165) is 6.54 Å². The second kappa shape index (κ2) is 6.95. The zero-order chi connectivity index (χ0) is 12.7. The first-order valence-electron chi connectivity index (χ1n) is 5.29. The van der Waals surface area contributed by atoms with E-state index in [1.807, 2.05) is 6.92 Å². The minimum Gasteiger partial charge on any atom is -0.369 e.